The molecule has 0 saturated heterocycles. The minimum atomic E-state index is 0.546. The molecule has 0 atom stereocenters. The summed E-state index contributed by atoms with van der Waals surface area (Å²) in [5.74, 6) is 2.45. The van der Waals surface area contributed by atoms with Crippen molar-refractivity contribution in [2.75, 3.05) is 0 Å². The SMILES string of the molecule is Cc1nc(SCc2nnc(-c3ccccc3C)o2)n[nH]1. The second kappa shape index (κ2) is 5.46. The Balaban J connectivity index is 1.72. The molecule has 0 saturated carbocycles. The second-order valence-electron chi connectivity index (χ2n) is 4.31. The number of thioether (sulfide) groups is 1. The van der Waals surface area contributed by atoms with E-state index in [0.717, 1.165) is 17.0 Å². The second-order valence-corrected chi connectivity index (χ2v) is 5.25. The highest BCUT2D eigenvalue weighted by Gasteiger charge is 2.11. The zero-order valence-corrected chi connectivity index (χ0v) is 11.9. The Morgan fingerprint density at radius 2 is 2.05 bits per heavy atom. The molecule has 7 heteroatoms. The van der Waals surface area contributed by atoms with E-state index in [-0.39, 0.29) is 0 Å². The molecular weight excluding hydrogens is 274 g/mol. The van der Waals surface area contributed by atoms with E-state index in [1.54, 1.807) is 0 Å². The van der Waals surface area contributed by atoms with Gasteiger partial charge in [0, 0.05) is 5.56 Å². The van der Waals surface area contributed by atoms with E-state index in [9.17, 15) is 0 Å². The number of hydrogen-bond acceptors (Lipinski definition) is 6. The van der Waals surface area contributed by atoms with Crippen LogP contribution in [0.5, 0.6) is 0 Å². The highest BCUT2D eigenvalue weighted by atomic mass is 32.2. The maximum atomic E-state index is 5.67. The van der Waals surface area contributed by atoms with Crippen LogP contribution in [0, 0.1) is 13.8 Å². The van der Waals surface area contributed by atoms with Gasteiger partial charge in [-0.25, -0.2) is 4.98 Å². The molecule has 3 aromatic rings. The first kappa shape index (κ1) is 12.9. The van der Waals surface area contributed by atoms with Gasteiger partial charge in [-0.05, 0) is 25.5 Å². The van der Waals surface area contributed by atoms with E-state index in [4.69, 9.17) is 4.42 Å². The standard InChI is InChI=1S/C13H13N5OS/c1-8-5-3-4-6-10(8)12-17-16-11(19-12)7-20-13-14-9(2)15-18-13/h3-6H,7H2,1-2H3,(H,14,15,18). The number of rotatable bonds is 4. The van der Waals surface area contributed by atoms with Gasteiger partial charge < -0.3 is 4.42 Å². The van der Waals surface area contributed by atoms with Crippen LogP contribution >= 0.6 is 11.8 Å². The van der Waals surface area contributed by atoms with Gasteiger partial charge in [0.1, 0.15) is 5.82 Å². The van der Waals surface area contributed by atoms with Gasteiger partial charge in [0.15, 0.2) is 0 Å². The van der Waals surface area contributed by atoms with Gasteiger partial charge in [-0.2, -0.15) is 0 Å². The molecule has 0 aliphatic carbocycles. The lowest BCUT2D eigenvalue weighted by Crippen LogP contribution is -1.82. The van der Waals surface area contributed by atoms with Crippen LogP contribution in [-0.2, 0) is 5.75 Å². The van der Waals surface area contributed by atoms with Gasteiger partial charge >= 0.3 is 0 Å². The van der Waals surface area contributed by atoms with Crippen molar-refractivity contribution in [3.8, 4) is 11.5 Å². The molecule has 102 valence electrons. The number of H-pyrrole nitrogens is 1. The van der Waals surface area contributed by atoms with E-state index in [2.05, 4.69) is 25.4 Å². The van der Waals surface area contributed by atoms with Crippen LogP contribution in [0.15, 0.2) is 33.8 Å². The maximum absolute atomic E-state index is 5.67. The molecule has 1 N–H and O–H groups in total. The van der Waals surface area contributed by atoms with Crippen molar-refractivity contribution in [2.24, 2.45) is 0 Å². The van der Waals surface area contributed by atoms with Gasteiger partial charge in [-0.1, -0.05) is 30.0 Å². The van der Waals surface area contributed by atoms with E-state index in [1.165, 1.54) is 11.8 Å². The third-order valence-corrected chi connectivity index (χ3v) is 3.58. The van der Waals surface area contributed by atoms with Gasteiger partial charge in [-0.3, -0.25) is 5.10 Å². The average Bonchev–Trinajstić information content (AvgIpc) is 3.06. The van der Waals surface area contributed by atoms with Crippen molar-refractivity contribution in [3.63, 3.8) is 0 Å². The quantitative estimate of drug-likeness (QED) is 0.743. The summed E-state index contributed by atoms with van der Waals surface area (Å²) in [5.41, 5.74) is 2.07. The summed E-state index contributed by atoms with van der Waals surface area (Å²) < 4.78 is 5.67. The van der Waals surface area contributed by atoms with Crippen molar-refractivity contribution >= 4 is 11.8 Å². The highest BCUT2D eigenvalue weighted by molar-refractivity contribution is 7.98. The molecule has 20 heavy (non-hydrogen) atoms. The molecule has 0 radical (unpaired) electrons. The topological polar surface area (TPSA) is 80.5 Å². The molecule has 0 bridgehead atoms. The van der Waals surface area contributed by atoms with Crippen molar-refractivity contribution in [1.29, 1.82) is 0 Å². The van der Waals surface area contributed by atoms with Crippen LogP contribution < -0.4 is 0 Å². The highest BCUT2D eigenvalue weighted by Crippen LogP contribution is 2.24. The molecular formula is C13H13N5OS. The molecule has 3 rings (SSSR count). The smallest absolute Gasteiger partial charge is 0.248 e. The average molecular weight is 287 g/mol. The molecule has 0 amide bonds. The molecule has 6 nitrogen and oxygen atoms in total. The molecule has 0 spiro atoms. The van der Waals surface area contributed by atoms with Crippen molar-refractivity contribution in [2.45, 2.75) is 24.8 Å². The Labute approximate surface area is 120 Å². The van der Waals surface area contributed by atoms with Crippen LogP contribution in [0.1, 0.15) is 17.3 Å². The Hall–Kier alpha value is -2.15. The Bertz CT molecular complexity index is 721. The first-order valence-electron chi connectivity index (χ1n) is 6.12. The number of aryl methyl sites for hydroxylation is 2. The first-order chi connectivity index (χ1) is 9.72. The molecule has 2 aromatic heterocycles. The fourth-order valence-corrected chi connectivity index (χ4v) is 2.43. The van der Waals surface area contributed by atoms with E-state index < -0.39 is 0 Å². The summed E-state index contributed by atoms with van der Waals surface area (Å²) in [4.78, 5) is 4.21. The van der Waals surface area contributed by atoms with Crippen LogP contribution in [0.3, 0.4) is 0 Å². The van der Waals surface area contributed by atoms with Crippen molar-refractivity contribution in [3.05, 3.63) is 41.5 Å². The maximum Gasteiger partial charge on any atom is 0.248 e. The third kappa shape index (κ3) is 2.72. The molecule has 0 aliphatic rings. The molecule has 0 fully saturated rings. The van der Waals surface area contributed by atoms with Gasteiger partial charge in [-0.15, -0.1) is 15.3 Å². The minimum Gasteiger partial charge on any atom is -0.420 e. The van der Waals surface area contributed by atoms with E-state index in [1.807, 2.05) is 38.1 Å². The lowest BCUT2D eigenvalue weighted by Gasteiger charge is -1.98. The lowest BCUT2D eigenvalue weighted by molar-refractivity contribution is 0.528. The number of aromatic nitrogens is 5. The van der Waals surface area contributed by atoms with Crippen LogP contribution in [-0.4, -0.2) is 25.4 Å². The number of benzene rings is 1. The molecule has 1 aromatic carbocycles. The van der Waals surface area contributed by atoms with Crippen molar-refractivity contribution < 1.29 is 4.42 Å². The van der Waals surface area contributed by atoms with Gasteiger partial charge in [0.05, 0.1) is 5.75 Å². The fraction of sp³-hybridized carbons (Fsp3) is 0.231. The lowest BCUT2D eigenvalue weighted by atomic mass is 10.1. The fourth-order valence-electron chi connectivity index (χ4n) is 1.75. The molecule has 0 aliphatic heterocycles. The van der Waals surface area contributed by atoms with Crippen molar-refractivity contribution in [1.82, 2.24) is 25.4 Å². The van der Waals surface area contributed by atoms with Gasteiger partial charge in [0.25, 0.3) is 0 Å². The summed E-state index contributed by atoms with van der Waals surface area (Å²) in [5, 5.41) is 15.7. The zero-order valence-electron chi connectivity index (χ0n) is 11.1. The summed E-state index contributed by atoms with van der Waals surface area (Å²) in [6, 6.07) is 7.93. The van der Waals surface area contributed by atoms with Crippen LogP contribution in [0.25, 0.3) is 11.5 Å². The Morgan fingerprint density at radius 1 is 1.20 bits per heavy atom. The number of aromatic amines is 1. The Morgan fingerprint density at radius 3 is 2.80 bits per heavy atom. The predicted octanol–water partition coefficient (Wildman–Crippen LogP) is 2.76. The normalized spacial score (nSPS) is 10.9. The Kier molecular flexibility index (Phi) is 3.51. The zero-order chi connectivity index (χ0) is 13.9. The van der Waals surface area contributed by atoms with Crippen LogP contribution in [0.2, 0.25) is 0 Å². The molecule has 2 heterocycles. The molecule has 0 unspecified atom stereocenters. The van der Waals surface area contributed by atoms with Gasteiger partial charge in [0.2, 0.25) is 16.9 Å². The van der Waals surface area contributed by atoms with E-state index >= 15 is 0 Å². The summed E-state index contributed by atoms with van der Waals surface area (Å²) in [7, 11) is 0. The van der Waals surface area contributed by atoms with E-state index in [0.29, 0.717) is 22.7 Å². The largest absolute Gasteiger partial charge is 0.420 e. The summed E-state index contributed by atoms with van der Waals surface area (Å²) in [6.45, 7) is 3.88. The number of hydrogen-bond donors (Lipinski definition) is 1. The summed E-state index contributed by atoms with van der Waals surface area (Å²) in [6.07, 6.45) is 0. The third-order valence-electron chi connectivity index (χ3n) is 2.74. The van der Waals surface area contributed by atoms with Crippen LogP contribution in [0.4, 0.5) is 0 Å². The minimum absolute atomic E-state index is 0.546. The summed E-state index contributed by atoms with van der Waals surface area (Å²) >= 11 is 1.46. The first-order valence-corrected chi connectivity index (χ1v) is 7.11. The number of nitrogens with one attached hydrogen (secondary N) is 1. The monoisotopic (exact) mass is 287 g/mol. The number of nitrogens with zero attached hydrogens (tertiary/aromatic N) is 4. The predicted molar refractivity (Wildman–Crippen MR) is 75.2 cm³/mol.